The zero-order valence-electron chi connectivity index (χ0n) is 11.6. The van der Waals surface area contributed by atoms with E-state index in [4.69, 9.17) is 0 Å². The first kappa shape index (κ1) is 13.1. The van der Waals surface area contributed by atoms with E-state index < -0.39 is 5.60 Å². The summed E-state index contributed by atoms with van der Waals surface area (Å²) >= 11 is 0. The predicted octanol–water partition coefficient (Wildman–Crippen LogP) is 3.18. The monoisotopic (exact) mass is 238 g/mol. The van der Waals surface area contributed by atoms with Crippen molar-refractivity contribution < 1.29 is 9.90 Å². The van der Waals surface area contributed by atoms with Crippen LogP contribution >= 0.6 is 0 Å². The minimum atomic E-state index is -0.601. The molecule has 98 valence electrons. The average molecular weight is 238 g/mol. The molecule has 4 atom stereocenters. The number of carbonyl (C=O) groups is 1. The van der Waals surface area contributed by atoms with Gasteiger partial charge >= 0.3 is 0 Å². The normalized spacial score (nSPS) is 46.0. The van der Waals surface area contributed by atoms with E-state index in [2.05, 4.69) is 20.8 Å². The Labute approximate surface area is 105 Å². The molecular weight excluding hydrogens is 212 g/mol. The van der Waals surface area contributed by atoms with E-state index >= 15 is 0 Å². The molecule has 17 heavy (non-hydrogen) atoms. The van der Waals surface area contributed by atoms with E-state index in [1.807, 2.05) is 0 Å². The fourth-order valence-corrected chi connectivity index (χ4v) is 4.32. The number of hydrogen-bond donors (Lipinski definition) is 1. The Morgan fingerprint density at radius 1 is 1.29 bits per heavy atom. The van der Waals surface area contributed by atoms with E-state index in [9.17, 15) is 9.90 Å². The van der Waals surface area contributed by atoms with E-state index in [1.165, 1.54) is 0 Å². The first-order chi connectivity index (χ1) is 7.80. The van der Waals surface area contributed by atoms with Crippen molar-refractivity contribution in [1.29, 1.82) is 0 Å². The van der Waals surface area contributed by atoms with Crippen molar-refractivity contribution in [3.8, 4) is 0 Å². The molecule has 0 heterocycles. The molecule has 0 aromatic carbocycles. The second-order valence-electron chi connectivity index (χ2n) is 6.92. The Hall–Kier alpha value is -0.370. The minimum absolute atomic E-state index is 0.0495. The average Bonchev–Trinajstić information content (AvgIpc) is 2.49. The van der Waals surface area contributed by atoms with Crippen molar-refractivity contribution in [2.24, 2.45) is 23.2 Å². The summed E-state index contributed by atoms with van der Waals surface area (Å²) in [6.45, 7) is 8.30. The molecule has 2 rings (SSSR count). The molecule has 0 unspecified atom stereocenters. The van der Waals surface area contributed by atoms with Gasteiger partial charge in [-0.1, -0.05) is 20.8 Å². The van der Waals surface area contributed by atoms with Crippen molar-refractivity contribution in [2.75, 3.05) is 0 Å². The number of fused-ring (bicyclic) bond motifs is 1. The maximum absolute atomic E-state index is 11.6. The third-order valence-corrected chi connectivity index (χ3v) is 5.65. The highest BCUT2D eigenvalue weighted by Crippen LogP contribution is 2.60. The maximum atomic E-state index is 11.6. The van der Waals surface area contributed by atoms with Crippen LogP contribution in [0.2, 0.25) is 0 Å². The van der Waals surface area contributed by atoms with Gasteiger partial charge < -0.3 is 5.11 Å². The smallest absolute Gasteiger partial charge is 0.133 e. The van der Waals surface area contributed by atoms with Gasteiger partial charge in [0.1, 0.15) is 5.78 Å². The predicted molar refractivity (Wildman–Crippen MR) is 68.6 cm³/mol. The molecule has 2 heteroatoms. The molecule has 0 radical (unpaired) electrons. The highest BCUT2D eigenvalue weighted by atomic mass is 16.3. The Morgan fingerprint density at radius 3 is 2.41 bits per heavy atom. The zero-order valence-corrected chi connectivity index (χ0v) is 11.6. The van der Waals surface area contributed by atoms with Crippen molar-refractivity contribution in [3.63, 3.8) is 0 Å². The van der Waals surface area contributed by atoms with Crippen molar-refractivity contribution >= 4 is 5.78 Å². The molecule has 0 aliphatic heterocycles. The van der Waals surface area contributed by atoms with E-state index in [1.54, 1.807) is 6.92 Å². The number of aliphatic hydroxyl groups is 1. The summed E-state index contributed by atoms with van der Waals surface area (Å²) in [5, 5.41) is 11.2. The van der Waals surface area contributed by atoms with Crippen LogP contribution in [0.15, 0.2) is 0 Å². The fraction of sp³-hybridized carbons (Fsp3) is 0.933. The third kappa shape index (κ3) is 1.85. The van der Waals surface area contributed by atoms with Crippen LogP contribution in [0.25, 0.3) is 0 Å². The van der Waals surface area contributed by atoms with Gasteiger partial charge in [-0.05, 0) is 56.3 Å². The lowest BCUT2D eigenvalue weighted by molar-refractivity contribution is -0.148. The molecule has 1 N–H and O–H groups in total. The highest BCUT2D eigenvalue weighted by molar-refractivity contribution is 5.78. The Kier molecular flexibility index (Phi) is 3.14. The van der Waals surface area contributed by atoms with Crippen LogP contribution in [-0.2, 0) is 4.79 Å². The molecule has 0 aromatic heterocycles. The van der Waals surface area contributed by atoms with Gasteiger partial charge in [-0.25, -0.2) is 0 Å². The Balaban J connectivity index is 2.28. The van der Waals surface area contributed by atoms with Gasteiger partial charge in [-0.3, -0.25) is 4.79 Å². The molecule has 0 aromatic rings. The molecule has 2 aliphatic rings. The highest BCUT2D eigenvalue weighted by Gasteiger charge is 2.59. The standard InChI is InChI=1S/C15H26O2/c1-10(2)13-6-8-14(4)7-5-12(11(3)16)9-15(13,14)17/h10,12-13,17H,5-9H2,1-4H3/t12-,13+,14-,15-/m0/s1. The molecule has 0 amide bonds. The lowest BCUT2D eigenvalue weighted by Gasteiger charge is -2.49. The number of hydrogen-bond acceptors (Lipinski definition) is 2. The summed E-state index contributed by atoms with van der Waals surface area (Å²) in [5.74, 6) is 1.23. The molecule has 2 saturated carbocycles. The van der Waals surface area contributed by atoms with Gasteiger partial charge in [0.25, 0.3) is 0 Å². The summed E-state index contributed by atoms with van der Waals surface area (Å²) in [7, 11) is 0. The molecule has 0 spiro atoms. The van der Waals surface area contributed by atoms with Gasteiger partial charge in [0.2, 0.25) is 0 Å². The quantitative estimate of drug-likeness (QED) is 0.802. The van der Waals surface area contributed by atoms with Gasteiger partial charge in [0.05, 0.1) is 5.60 Å². The number of rotatable bonds is 2. The molecule has 2 fully saturated rings. The Morgan fingerprint density at radius 2 is 1.88 bits per heavy atom. The molecular formula is C15H26O2. The SMILES string of the molecule is CC(=O)[C@H]1CC[C@@]2(C)CC[C@H](C(C)C)[C@@]2(O)C1. The largest absolute Gasteiger partial charge is 0.389 e. The van der Waals surface area contributed by atoms with Crippen LogP contribution in [0.1, 0.15) is 59.8 Å². The number of carbonyl (C=O) groups excluding carboxylic acids is 1. The van der Waals surface area contributed by atoms with Crippen molar-refractivity contribution in [2.45, 2.75) is 65.4 Å². The van der Waals surface area contributed by atoms with Gasteiger partial charge in [-0.15, -0.1) is 0 Å². The van der Waals surface area contributed by atoms with Gasteiger partial charge in [0, 0.05) is 5.92 Å². The van der Waals surface area contributed by atoms with Gasteiger partial charge in [0.15, 0.2) is 0 Å². The van der Waals surface area contributed by atoms with Crippen LogP contribution in [0.5, 0.6) is 0 Å². The van der Waals surface area contributed by atoms with E-state index in [-0.39, 0.29) is 17.1 Å². The topological polar surface area (TPSA) is 37.3 Å². The fourth-order valence-electron chi connectivity index (χ4n) is 4.32. The Bertz CT molecular complexity index is 323. The summed E-state index contributed by atoms with van der Waals surface area (Å²) < 4.78 is 0. The van der Waals surface area contributed by atoms with Crippen LogP contribution in [0.3, 0.4) is 0 Å². The third-order valence-electron chi connectivity index (χ3n) is 5.65. The number of ketones is 1. The summed E-state index contributed by atoms with van der Waals surface area (Å²) in [6, 6.07) is 0. The lowest BCUT2D eigenvalue weighted by atomic mass is 9.59. The van der Waals surface area contributed by atoms with Crippen LogP contribution in [0, 0.1) is 23.2 Å². The first-order valence-electron chi connectivity index (χ1n) is 7.03. The summed E-state index contributed by atoms with van der Waals surface area (Å²) in [5.41, 5.74) is -0.552. The van der Waals surface area contributed by atoms with E-state index in [0.29, 0.717) is 18.3 Å². The lowest BCUT2D eigenvalue weighted by Crippen LogP contribution is -2.53. The van der Waals surface area contributed by atoms with Crippen molar-refractivity contribution in [1.82, 2.24) is 0 Å². The molecule has 0 saturated heterocycles. The second-order valence-corrected chi connectivity index (χ2v) is 6.92. The van der Waals surface area contributed by atoms with Crippen LogP contribution < -0.4 is 0 Å². The maximum Gasteiger partial charge on any atom is 0.133 e. The van der Waals surface area contributed by atoms with Crippen LogP contribution in [0.4, 0.5) is 0 Å². The van der Waals surface area contributed by atoms with Crippen LogP contribution in [-0.4, -0.2) is 16.5 Å². The molecule has 2 aliphatic carbocycles. The van der Waals surface area contributed by atoms with Crippen molar-refractivity contribution in [3.05, 3.63) is 0 Å². The second kappa shape index (κ2) is 4.08. The first-order valence-corrected chi connectivity index (χ1v) is 7.03. The molecule has 0 bridgehead atoms. The number of Topliss-reactive ketones (excluding diaryl/α,β-unsaturated/α-hetero) is 1. The summed E-state index contributed by atoms with van der Waals surface area (Å²) in [6.07, 6.45) is 4.92. The zero-order chi connectivity index (χ0) is 12.8. The molecule has 2 nitrogen and oxygen atoms in total. The minimum Gasteiger partial charge on any atom is -0.389 e. The van der Waals surface area contributed by atoms with Gasteiger partial charge in [-0.2, -0.15) is 0 Å². The van der Waals surface area contributed by atoms with E-state index in [0.717, 1.165) is 25.7 Å². The summed E-state index contributed by atoms with van der Waals surface area (Å²) in [4.78, 5) is 11.6.